The Morgan fingerprint density at radius 1 is 1.30 bits per heavy atom. The van der Waals surface area contributed by atoms with Crippen molar-refractivity contribution in [2.75, 3.05) is 4.72 Å². The lowest BCUT2D eigenvalue weighted by molar-refractivity contribution is 0.135. The first-order chi connectivity index (χ1) is 10.7. The molecule has 0 spiro atoms. The third-order valence-electron chi connectivity index (χ3n) is 3.50. The molecule has 0 saturated heterocycles. The van der Waals surface area contributed by atoms with Gasteiger partial charge in [-0.05, 0) is 25.5 Å². The highest BCUT2D eigenvalue weighted by Gasteiger charge is 2.35. The fourth-order valence-electron chi connectivity index (χ4n) is 2.48. The van der Waals surface area contributed by atoms with Gasteiger partial charge >= 0.3 is 0 Å². The highest BCUT2D eigenvalue weighted by molar-refractivity contribution is 7.93. The lowest BCUT2D eigenvalue weighted by Crippen LogP contribution is -2.25. The van der Waals surface area contributed by atoms with E-state index in [1.807, 2.05) is 33.8 Å². The van der Waals surface area contributed by atoms with E-state index in [2.05, 4.69) is 14.9 Å². The van der Waals surface area contributed by atoms with Crippen LogP contribution in [-0.4, -0.2) is 24.2 Å². The number of para-hydroxylation sites is 1. The number of rotatable bonds is 4. The summed E-state index contributed by atoms with van der Waals surface area (Å²) in [4.78, 5) is 0.141. The summed E-state index contributed by atoms with van der Waals surface area (Å²) in [6, 6.07) is 5.18. The topological polar surface area (TPSA) is 81.2 Å². The molecule has 0 radical (unpaired) electrons. The fourth-order valence-corrected chi connectivity index (χ4v) is 4.63. The Bertz CT molecular complexity index is 841. The van der Waals surface area contributed by atoms with E-state index in [0.29, 0.717) is 12.2 Å². The second-order valence-electron chi connectivity index (χ2n) is 6.49. The van der Waals surface area contributed by atoms with Gasteiger partial charge in [0.1, 0.15) is 21.3 Å². The molecule has 8 heteroatoms. The molecule has 0 amide bonds. The molecule has 1 N–H and O–H groups in total. The number of sulfonamides is 1. The van der Waals surface area contributed by atoms with Crippen LogP contribution >= 0.6 is 11.3 Å². The van der Waals surface area contributed by atoms with Gasteiger partial charge in [-0.25, -0.2) is 8.42 Å². The summed E-state index contributed by atoms with van der Waals surface area (Å²) in [5.74, 6) is 0.634. The minimum absolute atomic E-state index is 0.141. The molecule has 0 bridgehead atoms. The molecular formula is C15H19N3O3S2. The maximum absolute atomic E-state index is 12.7. The smallest absolute Gasteiger partial charge is 0.267 e. The summed E-state index contributed by atoms with van der Waals surface area (Å²) in [6.45, 7) is 7.85. The molecule has 6 nitrogen and oxygen atoms in total. The normalized spacial score (nSPS) is 16.2. The number of nitrogens with zero attached hydrogens (tertiary/aromatic N) is 2. The highest BCUT2D eigenvalue weighted by atomic mass is 32.2. The quantitative estimate of drug-likeness (QED) is 0.913. The van der Waals surface area contributed by atoms with Crippen molar-refractivity contribution >= 4 is 26.5 Å². The summed E-state index contributed by atoms with van der Waals surface area (Å²) < 4.78 is 33.7. The van der Waals surface area contributed by atoms with Gasteiger partial charge in [-0.1, -0.05) is 37.3 Å². The standard InChI is InChI=1S/C15H19N3O3S2/c1-9(2)13-16-17-14(22-13)18-23(19,20)11-7-5-6-10-8-15(3,4)21-12(10)11/h5-7,9H,8H2,1-4H3,(H,17,18). The average Bonchev–Trinajstić information content (AvgIpc) is 2.99. The lowest BCUT2D eigenvalue weighted by atomic mass is 10.0. The molecule has 0 unspecified atom stereocenters. The van der Waals surface area contributed by atoms with E-state index in [1.165, 1.54) is 11.3 Å². The zero-order valence-electron chi connectivity index (χ0n) is 13.5. The van der Waals surface area contributed by atoms with Crippen molar-refractivity contribution in [1.29, 1.82) is 0 Å². The lowest BCUT2D eigenvalue weighted by Gasteiger charge is -2.18. The molecule has 0 saturated carbocycles. The molecule has 2 aromatic rings. The van der Waals surface area contributed by atoms with E-state index in [-0.39, 0.29) is 15.9 Å². The van der Waals surface area contributed by atoms with Crippen LogP contribution < -0.4 is 9.46 Å². The van der Waals surface area contributed by atoms with Gasteiger partial charge in [0.2, 0.25) is 5.13 Å². The molecule has 0 aliphatic carbocycles. The molecule has 1 aromatic heterocycles. The van der Waals surface area contributed by atoms with E-state index in [4.69, 9.17) is 4.74 Å². The van der Waals surface area contributed by atoms with Crippen molar-refractivity contribution in [3.8, 4) is 5.75 Å². The number of ether oxygens (including phenoxy) is 1. The Balaban J connectivity index is 1.94. The fraction of sp³-hybridized carbons (Fsp3) is 0.467. The minimum Gasteiger partial charge on any atom is -0.486 e. The van der Waals surface area contributed by atoms with Gasteiger partial charge in [-0.3, -0.25) is 4.72 Å². The molecule has 3 rings (SSSR count). The van der Waals surface area contributed by atoms with Crippen LogP contribution in [0.4, 0.5) is 5.13 Å². The first-order valence-electron chi connectivity index (χ1n) is 7.35. The number of nitrogens with one attached hydrogen (secondary N) is 1. The predicted molar refractivity (Wildman–Crippen MR) is 89.7 cm³/mol. The predicted octanol–water partition coefficient (Wildman–Crippen LogP) is 3.18. The van der Waals surface area contributed by atoms with Gasteiger partial charge in [0.25, 0.3) is 10.0 Å². The summed E-state index contributed by atoms with van der Waals surface area (Å²) in [5, 5.41) is 8.96. The largest absolute Gasteiger partial charge is 0.486 e. The number of fused-ring (bicyclic) bond motifs is 1. The van der Waals surface area contributed by atoms with E-state index in [1.54, 1.807) is 12.1 Å². The van der Waals surface area contributed by atoms with Crippen molar-refractivity contribution < 1.29 is 13.2 Å². The van der Waals surface area contributed by atoms with Crippen molar-refractivity contribution in [2.45, 2.75) is 50.5 Å². The number of benzene rings is 1. The van der Waals surface area contributed by atoms with Crippen LogP contribution in [0.15, 0.2) is 23.1 Å². The van der Waals surface area contributed by atoms with E-state index < -0.39 is 15.6 Å². The first-order valence-corrected chi connectivity index (χ1v) is 9.65. The molecule has 0 fully saturated rings. The van der Waals surface area contributed by atoms with E-state index in [0.717, 1.165) is 10.6 Å². The third kappa shape index (κ3) is 3.18. The van der Waals surface area contributed by atoms with Crippen molar-refractivity contribution in [1.82, 2.24) is 10.2 Å². The Morgan fingerprint density at radius 2 is 2.04 bits per heavy atom. The molecule has 23 heavy (non-hydrogen) atoms. The molecule has 1 aliphatic heterocycles. The van der Waals surface area contributed by atoms with E-state index >= 15 is 0 Å². The van der Waals surface area contributed by atoms with Crippen LogP contribution in [0, 0.1) is 0 Å². The van der Waals surface area contributed by atoms with Crippen LogP contribution in [0.25, 0.3) is 0 Å². The molecule has 1 aliphatic rings. The van der Waals surface area contributed by atoms with Crippen molar-refractivity contribution in [2.24, 2.45) is 0 Å². The van der Waals surface area contributed by atoms with Crippen LogP contribution in [0.2, 0.25) is 0 Å². The number of aromatic nitrogens is 2. The SMILES string of the molecule is CC(C)c1nnc(NS(=O)(=O)c2cccc3c2OC(C)(C)C3)s1. The van der Waals surface area contributed by atoms with Crippen LogP contribution in [0.3, 0.4) is 0 Å². The van der Waals surface area contributed by atoms with Gasteiger partial charge in [0.05, 0.1) is 0 Å². The summed E-state index contributed by atoms with van der Waals surface area (Å²) >= 11 is 1.24. The van der Waals surface area contributed by atoms with Gasteiger partial charge in [0, 0.05) is 12.3 Å². The van der Waals surface area contributed by atoms with Gasteiger partial charge < -0.3 is 4.74 Å². The Morgan fingerprint density at radius 3 is 2.70 bits per heavy atom. The number of hydrogen-bond donors (Lipinski definition) is 1. The highest BCUT2D eigenvalue weighted by Crippen LogP contribution is 2.40. The second kappa shape index (κ2) is 5.45. The Hall–Kier alpha value is -1.67. The monoisotopic (exact) mass is 353 g/mol. The molecule has 124 valence electrons. The molecule has 2 heterocycles. The zero-order chi connectivity index (χ0) is 16.8. The maximum Gasteiger partial charge on any atom is 0.267 e. The van der Waals surface area contributed by atoms with Crippen molar-refractivity contribution in [3.63, 3.8) is 0 Å². The minimum atomic E-state index is -3.77. The first kappa shape index (κ1) is 16.2. The number of anilines is 1. The summed E-state index contributed by atoms with van der Waals surface area (Å²) in [6.07, 6.45) is 0.683. The van der Waals surface area contributed by atoms with Crippen LogP contribution in [0.1, 0.15) is 44.2 Å². The average molecular weight is 353 g/mol. The Kier molecular flexibility index (Phi) is 3.84. The summed E-state index contributed by atoms with van der Waals surface area (Å²) in [5.41, 5.74) is 0.500. The van der Waals surface area contributed by atoms with Crippen LogP contribution in [0.5, 0.6) is 5.75 Å². The summed E-state index contributed by atoms with van der Waals surface area (Å²) in [7, 11) is -3.77. The molecule has 0 atom stereocenters. The maximum atomic E-state index is 12.7. The Labute approximate surface area is 140 Å². The molecular weight excluding hydrogens is 334 g/mol. The second-order valence-corrected chi connectivity index (χ2v) is 9.15. The van der Waals surface area contributed by atoms with Crippen LogP contribution in [-0.2, 0) is 16.4 Å². The zero-order valence-corrected chi connectivity index (χ0v) is 15.1. The van der Waals surface area contributed by atoms with E-state index in [9.17, 15) is 8.42 Å². The van der Waals surface area contributed by atoms with Gasteiger partial charge in [-0.2, -0.15) is 0 Å². The number of hydrogen-bond acceptors (Lipinski definition) is 6. The van der Waals surface area contributed by atoms with Crippen molar-refractivity contribution in [3.05, 3.63) is 28.8 Å². The van der Waals surface area contributed by atoms with Gasteiger partial charge in [-0.15, -0.1) is 10.2 Å². The molecule has 1 aromatic carbocycles. The third-order valence-corrected chi connectivity index (χ3v) is 6.13. The van der Waals surface area contributed by atoms with Gasteiger partial charge in [0.15, 0.2) is 0 Å².